The molecule has 1 nitrogen and oxygen atoms in total. The molecule has 0 aliphatic rings. The van der Waals surface area contributed by atoms with Gasteiger partial charge in [0.1, 0.15) is 0 Å². The summed E-state index contributed by atoms with van der Waals surface area (Å²) < 4.78 is 25.7. The summed E-state index contributed by atoms with van der Waals surface area (Å²) in [6, 6.07) is 0. The molecule has 0 unspecified atom stereocenters. The van der Waals surface area contributed by atoms with Crippen LogP contribution in [0.15, 0.2) is 0 Å². The molecule has 0 N–H and O–H groups in total. The van der Waals surface area contributed by atoms with Crippen LogP contribution in [0.5, 0.6) is 0 Å². The van der Waals surface area contributed by atoms with Crippen LogP contribution < -0.4 is 0 Å². The Hall–Kier alpha value is -0.470. The van der Waals surface area contributed by atoms with Crippen molar-refractivity contribution in [3.05, 3.63) is 0 Å². The first kappa shape index (κ1) is 14.5. The lowest BCUT2D eigenvalue weighted by molar-refractivity contribution is -0.141. The summed E-state index contributed by atoms with van der Waals surface area (Å²) in [7, 11) is 0. The van der Waals surface area contributed by atoms with Crippen LogP contribution in [0.25, 0.3) is 0 Å². The Morgan fingerprint density at radius 2 is 1.47 bits per heavy atom. The minimum Gasteiger partial charge on any atom is -0.293 e. The molecule has 0 saturated heterocycles. The van der Waals surface area contributed by atoms with Gasteiger partial charge in [0.15, 0.2) is 5.78 Å². The number of rotatable bonds is 9. The van der Waals surface area contributed by atoms with Gasteiger partial charge in [-0.05, 0) is 6.42 Å². The molecule has 0 fully saturated rings. The van der Waals surface area contributed by atoms with Crippen molar-refractivity contribution in [3.63, 3.8) is 0 Å². The van der Waals surface area contributed by atoms with Gasteiger partial charge in [-0.15, -0.1) is 0 Å². The molecular weight excluding hydrogens is 198 g/mol. The molecular formula is C12H22F2O. The van der Waals surface area contributed by atoms with Gasteiger partial charge in [0.05, 0.1) is 0 Å². The minimum atomic E-state index is -3.09. The lowest BCUT2D eigenvalue weighted by Gasteiger charge is -2.11. The zero-order valence-corrected chi connectivity index (χ0v) is 9.82. The predicted molar refractivity (Wildman–Crippen MR) is 58.2 cm³/mol. The predicted octanol–water partition coefficient (Wildman–Crippen LogP) is 4.35. The first-order valence-electron chi connectivity index (χ1n) is 5.89. The first-order chi connectivity index (χ1) is 7.00. The molecule has 0 aliphatic heterocycles. The van der Waals surface area contributed by atoms with Gasteiger partial charge >= 0.3 is 5.92 Å². The Morgan fingerprint density at radius 3 is 1.93 bits per heavy atom. The maximum Gasteiger partial charge on any atom is 0.304 e. The van der Waals surface area contributed by atoms with Crippen molar-refractivity contribution in [2.24, 2.45) is 0 Å². The molecule has 0 spiro atoms. The average molecular weight is 220 g/mol. The highest BCUT2D eigenvalue weighted by Crippen LogP contribution is 2.23. The standard InChI is InChI=1S/C12H22F2O/c1-3-4-5-6-7-8-9-10-12(13,14)11(2)15/h3-10H2,1-2H3. The largest absolute Gasteiger partial charge is 0.304 e. The Kier molecular flexibility index (Phi) is 7.53. The summed E-state index contributed by atoms with van der Waals surface area (Å²) >= 11 is 0. The van der Waals surface area contributed by atoms with E-state index >= 15 is 0 Å². The van der Waals surface area contributed by atoms with E-state index in [1.807, 2.05) is 0 Å². The highest BCUT2D eigenvalue weighted by Gasteiger charge is 2.33. The van der Waals surface area contributed by atoms with E-state index in [0.717, 1.165) is 26.2 Å². The maximum atomic E-state index is 12.8. The molecule has 0 bridgehead atoms. The van der Waals surface area contributed by atoms with Crippen molar-refractivity contribution in [1.29, 1.82) is 0 Å². The molecule has 3 heteroatoms. The smallest absolute Gasteiger partial charge is 0.293 e. The van der Waals surface area contributed by atoms with E-state index in [4.69, 9.17) is 0 Å². The van der Waals surface area contributed by atoms with Crippen molar-refractivity contribution in [2.75, 3.05) is 0 Å². The maximum absolute atomic E-state index is 12.8. The van der Waals surface area contributed by atoms with Gasteiger partial charge in [-0.2, -0.15) is 8.78 Å². The van der Waals surface area contributed by atoms with Crippen LogP contribution in [0.2, 0.25) is 0 Å². The van der Waals surface area contributed by atoms with Crippen LogP contribution in [-0.2, 0) is 4.79 Å². The highest BCUT2D eigenvalue weighted by atomic mass is 19.3. The average Bonchev–Trinajstić information content (AvgIpc) is 2.16. The van der Waals surface area contributed by atoms with Crippen LogP contribution in [0.4, 0.5) is 8.78 Å². The lowest BCUT2D eigenvalue weighted by atomic mass is 10.0. The molecule has 0 amide bonds. The zero-order chi connectivity index (χ0) is 11.7. The molecule has 90 valence electrons. The molecule has 0 heterocycles. The molecule has 0 radical (unpaired) electrons. The number of ketones is 1. The Balaban J connectivity index is 3.35. The second kappa shape index (κ2) is 7.77. The minimum absolute atomic E-state index is 0.282. The van der Waals surface area contributed by atoms with E-state index in [2.05, 4.69) is 6.92 Å². The van der Waals surface area contributed by atoms with E-state index in [1.54, 1.807) is 0 Å². The van der Waals surface area contributed by atoms with Gasteiger partial charge in [0, 0.05) is 13.3 Å². The van der Waals surface area contributed by atoms with Crippen molar-refractivity contribution in [2.45, 2.75) is 71.1 Å². The molecule has 0 aromatic heterocycles. The fourth-order valence-corrected chi connectivity index (χ4v) is 1.48. The SMILES string of the molecule is CCCCCCCCCC(F)(F)C(C)=O. The first-order valence-corrected chi connectivity index (χ1v) is 5.89. The Labute approximate surface area is 91.2 Å². The summed E-state index contributed by atoms with van der Waals surface area (Å²) in [4.78, 5) is 10.5. The van der Waals surface area contributed by atoms with Crippen LogP contribution in [0.3, 0.4) is 0 Å². The van der Waals surface area contributed by atoms with E-state index in [-0.39, 0.29) is 6.42 Å². The van der Waals surface area contributed by atoms with Crippen molar-refractivity contribution >= 4 is 5.78 Å². The van der Waals surface area contributed by atoms with E-state index in [1.165, 1.54) is 19.3 Å². The van der Waals surface area contributed by atoms with E-state index in [9.17, 15) is 13.6 Å². The van der Waals surface area contributed by atoms with Gasteiger partial charge < -0.3 is 0 Å². The Morgan fingerprint density at radius 1 is 1.00 bits per heavy atom. The number of alkyl halides is 2. The second-order valence-electron chi connectivity index (χ2n) is 4.13. The van der Waals surface area contributed by atoms with Gasteiger partial charge in [-0.3, -0.25) is 4.79 Å². The number of carbonyl (C=O) groups excluding carboxylic acids is 1. The summed E-state index contributed by atoms with van der Waals surface area (Å²) in [5.74, 6) is -4.10. The molecule has 0 aromatic rings. The molecule has 0 rings (SSSR count). The van der Waals surface area contributed by atoms with E-state index < -0.39 is 11.7 Å². The molecule has 0 aromatic carbocycles. The van der Waals surface area contributed by atoms with Crippen molar-refractivity contribution in [1.82, 2.24) is 0 Å². The number of Topliss-reactive ketones (excluding diaryl/α,β-unsaturated/α-hetero) is 1. The summed E-state index contributed by atoms with van der Waals surface area (Å²) in [6.07, 6.45) is 6.74. The third kappa shape index (κ3) is 7.46. The monoisotopic (exact) mass is 220 g/mol. The van der Waals surface area contributed by atoms with Crippen LogP contribution >= 0.6 is 0 Å². The highest BCUT2D eigenvalue weighted by molar-refractivity contribution is 5.82. The summed E-state index contributed by atoms with van der Waals surface area (Å²) in [5, 5.41) is 0. The van der Waals surface area contributed by atoms with Gasteiger partial charge in [-0.25, -0.2) is 0 Å². The van der Waals surface area contributed by atoms with Crippen molar-refractivity contribution < 1.29 is 13.6 Å². The third-order valence-corrected chi connectivity index (χ3v) is 2.61. The van der Waals surface area contributed by atoms with Crippen LogP contribution in [0, 0.1) is 0 Å². The fraction of sp³-hybridized carbons (Fsp3) is 0.917. The zero-order valence-electron chi connectivity index (χ0n) is 9.82. The normalized spacial score (nSPS) is 11.7. The van der Waals surface area contributed by atoms with Gasteiger partial charge in [0.25, 0.3) is 0 Å². The lowest BCUT2D eigenvalue weighted by Crippen LogP contribution is -2.25. The quantitative estimate of drug-likeness (QED) is 0.528. The topological polar surface area (TPSA) is 17.1 Å². The second-order valence-corrected chi connectivity index (χ2v) is 4.13. The number of unbranched alkanes of at least 4 members (excludes halogenated alkanes) is 6. The number of carbonyl (C=O) groups is 1. The third-order valence-electron chi connectivity index (χ3n) is 2.61. The molecule has 15 heavy (non-hydrogen) atoms. The number of hydrogen-bond donors (Lipinski definition) is 0. The molecule has 0 atom stereocenters. The van der Waals surface area contributed by atoms with Gasteiger partial charge in [-0.1, -0.05) is 45.4 Å². The Bertz CT molecular complexity index is 178. The summed E-state index contributed by atoms with van der Waals surface area (Å²) in [6.45, 7) is 3.11. The van der Waals surface area contributed by atoms with E-state index in [0.29, 0.717) is 6.42 Å². The number of hydrogen-bond acceptors (Lipinski definition) is 1. The van der Waals surface area contributed by atoms with Crippen LogP contribution in [0.1, 0.15) is 65.2 Å². The number of halogens is 2. The van der Waals surface area contributed by atoms with Crippen LogP contribution in [-0.4, -0.2) is 11.7 Å². The van der Waals surface area contributed by atoms with Crippen molar-refractivity contribution in [3.8, 4) is 0 Å². The summed E-state index contributed by atoms with van der Waals surface area (Å²) in [5.41, 5.74) is 0. The fourth-order valence-electron chi connectivity index (χ4n) is 1.48. The molecule has 0 aliphatic carbocycles. The van der Waals surface area contributed by atoms with Gasteiger partial charge in [0.2, 0.25) is 0 Å². The molecule has 0 saturated carbocycles.